The molecule has 1 saturated heterocycles. The third kappa shape index (κ3) is 4.08. The van der Waals surface area contributed by atoms with Crippen molar-refractivity contribution in [3.05, 3.63) is 89.2 Å². The van der Waals surface area contributed by atoms with Gasteiger partial charge in [-0.25, -0.2) is 4.98 Å². The number of carbonyl (C=O) groups is 1. The van der Waals surface area contributed by atoms with Crippen LogP contribution in [0.25, 0.3) is 11.0 Å². The lowest BCUT2D eigenvalue weighted by atomic mass is 10.1. The molecule has 1 fully saturated rings. The van der Waals surface area contributed by atoms with Crippen molar-refractivity contribution in [2.24, 2.45) is 0 Å². The van der Waals surface area contributed by atoms with Crippen LogP contribution in [0.15, 0.2) is 83.3 Å². The molecule has 6 heteroatoms. The SMILES string of the molecule is O=C1C[C@@H](c2nc3ccccc3n2CCOc2ccccc2)CN1c1ccc(Br)cc1. The van der Waals surface area contributed by atoms with Gasteiger partial charge in [0, 0.05) is 29.0 Å². The minimum atomic E-state index is 0.0419. The fourth-order valence-electron chi connectivity index (χ4n) is 4.16. The Morgan fingerprint density at radius 3 is 2.52 bits per heavy atom. The molecular formula is C25H22BrN3O2. The van der Waals surface area contributed by atoms with E-state index in [1.54, 1.807) is 0 Å². The van der Waals surface area contributed by atoms with Gasteiger partial charge in [0.1, 0.15) is 18.2 Å². The fraction of sp³-hybridized carbons (Fsp3) is 0.200. The first-order valence-electron chi connectivity index (χ1n) is 10.4. The second-order valence-electron chi connectivity index (χ2n) is 7.65. The van der Waals surface area contributed by atoms with Crippen molar-refractivity contribution >= 4 is 38.6 Å². The molecule has 2 heterocycles. The van der Waals surface area contributed by atoms with Gasteiger partial charge in [0.25, 0.3) is 0 Å². The number of para-hydroxylation sites is 3. The summed E-state index contributed by atoms with van der Waals surface area (Å²) in [5.41, 5.74) is 2.95. The molecule has 1 aliphatic heterocycles. The van der Waals surface area contributed by atoms with Crippen LogP contribution in [0.1, 0.15) is 18.2 Å². The Morgan fingerprint density at radius 2 is 1.71 bits per heavy atom. The fourth-order valence-corrected chi connectivity index (χ4v) is 4.43. The summed E-state index contributed by atoms with van der Waals surface area (Å²) in [6.45, 7) is 1.84. The molecule has 0 radical (unpaired) electrons. The summed E-state index contributed by atoms with van der Waals surface area (Å²) in [6.07, 6.45) is 0.457. The molecule has 0 N–H and O–H groups in total. The van der Waals surface area contributed by atoms with E-state index in [0.717, 1.165) is 32.8 Å². The van der Waals surface area contributed by atoms with E-state index in [2.05, 4.69) is 26.6 Å². The van der Waals surface area contributed by atoms with Crippen molar-refractivity contribution < 1.29 is 9.53 Å². The molecule has 0 spiro atoms. The summed E-state index contributed by atoms with van der Waals surface area (Å²) >= 11 is 3.46. The van der Waals surface area contributed by atoms with Crippen LogP contribution >= 0.6 is 15.9 Å². The van der Waals surface area contributed by atoms with Crippen molar-refractivity contribution in [2.45, 2.75) is 18.9 Å². The van der Waals surface area contributed by atoms with Gasteiger partial charge in [0.2, 0.25) is 5.91 Å². The third-order valence-corrected chi connectivity index (χ3v) is 6.17. The summed E-state index contributed by atoms with van der Waals surface area (Å²) in [4.78, 5) is 19.6. The van der Waals surface area contributed by atoms with Gasteiger partial charge in [0.05, 0.1) is 17.6 Å². The molecule has 5 nitrogen and oxygen atoms in total. The van der Waals surface area contributed by atoms with E-state index >= 15 is 0 Å². The number of rotatable bonds is 6. The Hall–Kier alpha value is -3.12. The first kappa shape index (κ1) is 19.8. The Morgan fingerprint density at radius 1 is 0.968 bits per heavy atom. The van der Waals surface area contributed by atoms with E-state index in [4.69, 9.17) is 9.72 Å². The number of halogens is 1. The number of fused-ring (bicyclic) bond motifs is 1. The van der Waals surface area contributed by atoms with Crippen molar-refractivity contribution in [1.82, 2.24) is 9.55 Å². The molecule has 4 aromatic rings. The molecule has 156 valence electrons. The van der Waals surface area contributed by atoms with Gasteiger partial charge < -0.3 is 14.2 Å². The molecule has 5 rings (SSSR count). The van der Waals surface area contributed by atoms with E-state index < -0.39 is 0 Å². The maximum atomic E-state index is 12.8. The molecule has 0 unspecified atom stereocenters. The van der Waals surface area contributed by atoms with Gasteiger partial charge in [-0.1, -0.05) is 46.3 Å². The van der Waals surface area contributed by atoms with Gasteiger partial charge in [-0.15, -0.1) is 0 Å². The highest BCUT2D eigenvalue weighted by Crippen LogP contribution is 2.33. The molecule has 0 bridgehead atoms. The molecule has 1 atom stereocenters. The van der Waals surface area contributed by atoms with E-state index in [1.807, 2.05) is 77.7 Å². The number of carbonyl (C=O) groups excluding carboxylic acids is 1. The predicted octanol–water partition coefficient (Wildman–Crippen LogP) is 5.40. The zero-order chi connectivity index (χ0) is 21.2. The Labute approximate surface area is 189 Å². The van der Waals surface area contributed by atoms with Crippen LogP contribution < -0.4 is 9.64 Å². The lowest BCUT2D eigenvalue weighted by molar-refractivity contribution is -0.117. The number of nitrogens with zero attached hydrogens (tertiary/aromatic N) is 3. The van der Waals surface area contributed by atoms with Crippen LogP contribution in [-0.2, 0) is 11.3 Å². The van der Waals surface area contributed by atoms with Crippen LogP contribution in [0.5, 0.6) is 5.75 Å². The second kappa shape index (κ2) is 8.55. The number of imidazole rings is 1. The van der Waals surface area contributed by atoms with E-state index in [0.29, 0.717) is 26.1 Å². The van der Waals surface area contributed by atoms with Crippen molar-refractivity contribution in [2.75, 3.05) is 18.1 Å². The highest BCUT2D eigenvalue weighted by molar-refractivity contribution is 9.10. The molecule has 0 aliphatic carbocycles. The second-order valence-corrected chi connectivity index (χ2v) is 8.57. The minimum absolute atomic E-state index is 0.0419. The lowest BCUT2D eigenvalue weighted by Gasteiger charge is -2.17. The maximum absolute atomic E-state index is 12.8. The number of aromatic nitrogens is 2. The Bertz CT molecular complexity index is 1200. The molecule has 1 aromatic heterocycles. The number of anilines is 1. The van der Waals surface area contributed by atoms with Gasteiger partial charge in [0.15, 0.2) is 0 Å². The third-order valence-electron chi connectivity index (χ3n) is 5.64. The molecular weight excluding hydrogens is 454 g/mol. The number of benzene rings is 3. The Kier molecular flexibility index (Phi) is 5.47. The van der Waals surface area contributed by atoms with Crippen LogP contribution in [0.2, 0.25) is 0 Å². The van der Waals surface area contributed by atoms with Gasteiger partial charge in [-0.05, 0) is 48.5 Å². The summed E-state index contributed by atoms with van der Waals surface area (Å²) in [6, 6.07) is 25.8. The standard InChI is InChI=1S/C25H22BrN3O2/c26-19-10-12-20(13-11-19)29-17-18(16-24(29)30)25-27-22-8-4-5-9-23(22)28(25)14-15-31-21-6-2-1-3-7-21/h1-13,18H,14-17H2/t18-/m1/s1. The summed E-state index contributed by atoms with van der Waals surface area (Å²) in [5, 5.41) is 0. The molecule has 31 heavy (non-hydrogen) atoms. The monoisotopic (exact) mass is 475 g/mol. The van der Waals surface area contributed by atoms with Crippen LogP contribution in [0.4, 0.5) is 5.69 Å². The zero-order valence-corrected chi connectivity index (χ0v) is 18.5. The number of amides is 1. The number of hydrogen-bond donors (Lipinski definition) is 0. The van der Waals surface area contributed by atoms with Gasteiger partial charge >= 0.3 is 0 Å². The zero-order valence-electron chi connectivity index (χ0n) is 16.9. The van der Waals surface area contributed by atoms with Gasteiger partial charge in [-0.3, -0.25) is 4.79 Å². The average molecular weight is 476 g/mol. The predicted molar refractivity (Wildman–Crippen MR) is 126 cm³/mol. The van der Waals surface area contributed by atoms with Crippen molar-refractivity contribution in [3.63, 3.8) is 0 Å². The van der Waals surface area contributed by atoms with Gasteiger partial charge in [-0.2, -0.15) is 0 Å². The average Bonchev–Trinajstić information content (AvgIpc) is 3.36. The first-order valence-corrected chi connectivity index (χ1v) is 11.2. The Balaban J connectivity index is 1.40. The van der Waals surface area contributed by atoms with E-state index in [9.17, 15) is 4.79 Å². The van der Waals surface area contributed by atoms with E-state index in [1.165, 1.54) is 0 Å². The summed E-state index contributed by atoms with van der Waals surface area (Å²) in [7, 11) is 0. The van der Waals surface area contributed by atoms with Crippen LogP contribution in [0, 0.1) is 0 Å². The van der Waals surface area contributed by atoms with Crippen LogP contribution in [0.3, 0.4) is 0 Å². The highest BCUT2D eigenvalue weighted by Gasteiger charge is 2.34. The molecule has 1 aliphatic rings. The summed E-state index contributed by atoms with van der Waals surface area (Å²) < 4.78 is 9.15. The summed E-state index contributed by atoms with van der Waals surface area (Å²) in [5.74, 6) is 1.98. The first-order chi connectivity index (χ1) is 15.2. The molecule has 3 aromatic carbocycles. The normalized spacial score (nSPS) is 16.2. The highest BCUT2D eigenvalue weighted by atomic mass is 79.9. The molecule has 0 saturated carbocycles. The van der Waals surface area contributed by atoms with Crippen molar-refractivity contribution in [1.29, 1.82) is 0 Å². The maximum Gasteiger partial charge on any atom is 0.227 e. The van der Waals surface area contributed by atoms with E-state index in [-0.39, 0.29) is 11.8 Å². The largest absolute Gasteiger partial charge is 0.492 e. The smallest absolute Gasteiger partial charge is 0.227 e. The molecule has 1 amide bonds. The number of ether oxygens (including phenoxy) is 1. The topological polar surface area (TPSA) is 47.4 Å². The minimum Gasteiger partial charge on any atom is -0.492 e. The van der Waals surface area contributed by atoms with Crippen molar-refractivity contribution in [3.8, 4) is 5.75 Å². The quantitative estimate of drug-likeness (QED) is 0.375. The van der Waals surface area contributed by atoms with Crippen LogP contribution in [-0.4, -0.2) is 28.6 Å². The lowest BCUT2D eigenvalue weighted by Crippen LogP contribution is -2.24. The number of hydrogen-bond acceptors (Lipinski definition) is 3.